The zero-order valence-corrected chi connectivity index (χ0v) is 10.1. The first-order chi connectivity index (χ1) is 7.18. The lowest BCUT2D eigenvalue weighted by atomic mass is 10.1. The van der Waals surface area contributed by atoms with Crippen molar-refractivity contribution in [1.29, 1.82) is 0 Å². The normalized spacial score (nSPS) is 9.67. The molecule has 2 nitrogen and oxygen atoms in total. The fourth-order valence-corrected chi connectivity index (χ4v) is 1.57. The van der Waals surface area contributed by atoms with E-state index >= 15 is 0 Å². The predicted octanol–water partition coefficient (Wildman–Crippen LogP) is 3.58. The number of aromatic nitrogens is 2. The standard InChI is InChI=1S/C11H12N2.C2H6/c1-7-4-5-12-10-8(2)6-9(3)13-11(7)10;1-2/h4-6H,1-3H3;1-2H3. The highest BCUT2D eigenvalue weighted by Crippen LogP contribution is 2.17. The topological polar surface area (TPSA) is 25.8 Å². The summed E-state index contributed by atoms with van der Waals surface area (Å²) in [7, 11) is 0. The van der Waals surface area contributed by atoms with Crippen LogP contribution in [-0.2, 0) is 0 Å². The van der Waals surface area contributed by atoms with Crippen LogP contribution in [0.5, 0.6) is 0 Å². The van der Waals surface area contributed by atoms with Crippen LogP contribution in [0.1, 0.15) is 30.7 Å². The first-order valence-corrected chi connectivity index (χ1v) is 5.38. The highest BCUT2D eigenvalue weighted by atomic mass is 14.8. The molecule has 0 aliphatic carbocycles. The van der Waals surface area contributed by atoms with Crippen LogP contribution in [0.25, 0.3) is 11.0 Å². The van der Waals surface area contributed by atoms with Crippen molar-refractivity contribution in [3.8, 4) is 0 Å². The van der Waals surface area contributed by atoms with Crippen LogP contribution in [-0.4, -0.2) is 9.97 Å². The predicted molar refractivity (Wildman–Crippen MR) is 65.1 cm³/mol. The van der Waals surface area contributed by atoms with Gasteiger partial charge in [0.1, 0.15) is 0 Å². The van der Waals surface area contributed by atoms with Crippen molar-refractivity contribution in [3.63, 3.8) is 0 Å². The van der Waals surface area contributed by atoms with Crippen molar-refractivity contribution in [3.05, 3.63) is 35.2 Å². The van der Waals surface area contributed by atoms with E-state index in [0.717, 1.165) is 16.7 Å². The minimum absolute atomic E-state index is 1.02. The third-order valence-electron chi connectivity index (χ3n) is 2.21. The monoisotopic (exact) mass is 202 g/mol. The number of nitrogens with zero attached hydrogens (tertiary/aromatic N) is 2. The SMILES string of the molecule is CC.Cc1cc(C)c2nccc(C)c2n1. The molecule has 0 saturated carbocycles. The minimum atomic E-state index is 1.02. The van der Waals surface area contributed by atoms with Crippen LogP contribution >= 0.6 is 0 Å². The van der Waals surface area contributed by atoms with Crippen LogP contribution in [0, 0.1) is 20.8 Å². The van der Waals surface area contributed by atoms with E-state index in [1.165, 1.54) is 11.1 Å². The van der Waals surface area contributed by atoms with Gasteiger partial charge >= 0.3 is 0 Å². The molecule has 0 aliphatic heterocycles. The van der Waals surface area contributed by atoms with E-state index in [0.29, 0.717) is 0 Å². The molecule has 0 N–H and O–H groups in total. The summed E-state index contributed by atoms with van der Waals surface area (Å²) in [5, 5.41) is 0. The molecule has 2 aromatic rings. The van der Waals surface area contributed by atoms with Crippen molar-refractivity contribution in [1.82, 2.24) is 9.97 Å². The fourth-order valence-electron chi connectivity index (χ4n) is 1.57. The van der Waals surface area contributed by atoms with Crippen LogP contribution in [0.15, 0.2) is 18.3 Å². The molecule has 0 bridgehead atoms. The number of pyridine rings is 2. The van der Waals surface area contributed by atoms with Crippen molar-refractivity contribution >= 4 is 11.0 Å². The Labute approximate surface area is 91.4 Å². The third-order valence-corrected chi connectivity index (χ3v) is 2.21. The molecule has 0 saturated heterocycles. The molecule has 0 radical (unpaired) electrons. The Morgan fingerprint density at radius 3 is 2.27 bits per heavy atom. The summed E-state index contributed by atoms with van der Waals surface area (Å²) in [4.78, 5) is 8.79. The van der Waals surface area contributed by atoms with Gasteiger partial charge in [-0.2, -0.15) is 0 Å². The maximum atomic E-state index is 4.47. The molecule has 0 aromatic carbocycles. The summed E-state index contributed by atoms with van der Waals surface area (Å²) in [5.74, 6) is 0. The molecular weight excluding hydrogens is 184 g/mol. The minimum Gasteiger partial charge on any atom is -0.254 e. The zero-order chi connectivity index (χ0) is 11.4. The Bertz CT molecular complexity index is 461. The Balaban J connectivity index is 0.000000531. The average Bonchev–Trinajstić information content (AvgIpc) is 2.23. The summed E-state index contributed by atoms with van der Waals surface area (Å²) >= 11 is 0. The van der Waals surface area contributed by atoms with E-state index in [4.69, 9.17) is 0 Å². The van der Waals surface area contributed by atoms with Gasteiger partial charge in [0, 0.05) is 11.9 Å². The molecule has 0 atom stereocenters. The Morgan fingerprint density at radius 1 is 0.933 bits per heavy atom. The first-order valence-electron chi connectivity index (χ1n) is 5.38. The highest BCUT2D eigenvalue weighted by Gasteiger charge is 2.02. The number of hydrogen-bond acceptors (Lipinski definition) is 2. The van der Waals surface area contributed by atoms with E-state index in [1.807, 2.05) is 33.0 Å². The molecule has 0 spiro atoms. The molecule has 80 valence electrons. The summed E-state index contributed by atoms with van der Waals surface area (Å²) in [5.41, 5.74) is 5.50. The average molecular weight is 202 g/mol. The van der Waals surface area contributed by atoms with Gasteiger partial charge in [-0.1, -0.05) is 13.8 Å². The van der Waals surface area contributed by atoms with Gasteiger partial charge in [-0.15, -0.1) is 0 Å². The molecule has 0 fully saturated rings. The lowest BCUT2D eigenvalue weighted by Crippen LogP contribution is -1.91. The van der Waals surface area contributed by atoms with Gasteiger partial charge in [0.15, 0.2) is 0 Å². The molecule has 0 aliphatic rings. The maximum absolute atomic E-state index is 4.47. The van der Waals surface area contributed by atoms with Crippen molar-refractivity contribution in [2.45, 2.75) is 34.6 Å². The quantitative estimate of drug-likeness (QED) is 0.652. The second-order valence-corrected chi connectivity index (χ2v) is 3.41. The molecule has 2 rings (SSSR count). The van der Waals surface area contributed by atoms with Gasteiger partial charge in [0.05, 0.1) is 11.0 Å². The van der Waals surface area contributed by atoms with E-state index in [9.17, 15) is 0 Å². The highest BCUT2D eigenvalue weighted by molar-refractivity contribution is 5.80. The molecular formula is C13H18N2. The molecule has 2 heterocycles. The molecule has 2 heteroatoms. The number of hydrogen-bond donors (Lipinski definition) is 0. The van der Waals surface area contributed by atoms with Gasteiger partial charge < -0.3 is 0 Å². The maximum Gasteiger partial charge on any atom is 0.0921 e. The van der Waals surface area contributed by atoms with Gasteiger partial charge in [-0.25, -0.2) is 0 Å². The fraction of sp³-hybridized carbons (Fsp3) is 0.385. The lowest BCUT2D eigenvalue weighted by Gasteiger charge is -2.04. The molecule has 15 heavy (non-hydrogen) atoms. The second-order valence-electron chi connectivity index (χ2n) is 3.41. The van der Waals surface area contributed by atoms with E-state index in [1.54, 1.807) is 0 Å². The van der Waals surface area contributed by atoms with E-state index < -0.39 is 0 Å². The van der Waals surface area contributed by atoms with Gasteiger partial charge in [0.25, 0.3) is 0 Å². The largest absolute Gasteiger partial charge is 0.254 e. The Kier molecular flexibility index (Phi) is 3.78. The van der Waals surface area contributed by atoms with Crippen molar-refractivity contribution in [2.24, 2.45) is 0 Å². The smallest absolute Gasteiger partial charge is 0.0921 e. The summed E-state index contributed by atoms with van der Waals surface area (Å²) in [6.45, 7) is 10.2. The zero-order valence-electron chi connectivity index (χ0n) is 10.1. The third kappa shape index (κ3) is 2.32. The van der Waals surface area contributed by atoms with Crippen molar-refractivity contribution < 1.29 is 0 Å². The van der Waals surface area contributed by atoms with Gasteiger partial charge in [0.2, 0.25) is 0 Å². The summed E-state index contributed by atoms with van der Waals surface area (Å²) < 4.78 is 0. The number of fused-ring (bicyclic) bond motifs is 1. The Morgan fingerprint density at radius 2 is 1.60 bits per heavy atom. The summed E-state index contributed by atoms with van der Waals surface area (Å²) in [6.07, 6.45) is 1.84. The number of aryl methyl sites for hydroxylation is 3. The van der Waals surface area contributed by atoms with E-state index in [2.05, 4.69) is 29.9 Å². The van der Waals surface area contributed by atoms with Crippen LogP contribution in [0.2, 0.25) is 0 Å². The molecule has 0 unspecified atom stereocenters. The van der Waals surface area contributed by atoms with Gasteiger partial charge in [-0.3, -0.25) is 9.97 Å². The molecule has 2 aromatic heterocycles. The lowest BCUT2D eigenvalue weighted by molar-refractivity contribution is 1.19. The summed E-state index contributed by atoms with van der Waals surface area (Å²) in [6, 6.07) is 4.06. The first kappa shape index (κ1) is 11.6. The Hall–Kier alpha value is -1.44. The molecule has 0 amide bonds. The van der Waals surface area contributed by atoms with Gasteiger partial charge in [-0.05, 0) is 44.0 Å². The number of rotatable bonds is 0. The second kappa shape index (κ2) is 4.87. The van der Waals surface area contributed by atoms with E-state index in [-0.39, 0.29) is 0 Å². The van der Waals surface area contributed by atoms with Crippen LogP contribution in [0.3, 0.4) is 0 Å². The van der Waals surface area contributed by atoms with Crippen LogP contribution < -0.4 is 0 Å². The van der Waals surface area contributed by atoms with Crippen LogP contribution in [0.4, 0.5) is 0 Å². The van der Waals surface area contributed by atoms with Crippen molar-refractivity contribution in [2.75, 3.05) is 0 Å².